The average molecular weight is 280 g/mol. The number of carbonyl (C=O) groups excluding carboxylic acids is 1. The van der Waals surface area contributed by atoms with Gasteiger partial charge in [0, 0.05) is 17.6 Å². The zero-order chi connectivity index (χ0) is 15.2. The second-order valence-electron chi connectivity index (χ2n) is 5.07. The van der Waals surface area contributed by atoms with Crippen LogP contribution in [-0.4, -0.2) is 31.2 Å². The molecule has 1 amide bonds. The number of nitrogens with one attached hydrogen (secondary N) is 1. The maximum atomic E-state index is 12.2. The summed E-state index contributed by atoms with van der Waals surface area (Å²) in [5, 5.41) is 2.88. The Morgan fingerprint density at radius 3 is 2.35 bits per heavy atom. The number of rotatable bonds is 7. The first-order chi connectivity index (χ1) is 9.43. The molecule has 0 saturated heterocycles. The average Bonchev–Trinajstić information content (AvgIpc) is 2.40. The van der Waals surface area contributed by atoms with Gasteiger partial charge in [-0.05, 0) is 45.9 Å². The van der Waals surface area contributed by atoms with Crippen molar-refractivity contribution < 1.29 is 14.3 Å². The van der Waals surface area contributed by atoms with E-state index in [0.29, 0.717) is 36.8 Å². The topological polar surface area (TPSA) is 73.6 Å². The smallest absolute Gasteiger partial charge is 0.251 e. The standard InChI is InChI=1S/C15H24N2O3/c1-5-19-12-8-7-11(9-13(12)20-6-2)14(18)17-15(3,4)10-16/h7-9H,5-6,10,16H2,1-4H3,(H,17,18). The van der Waals surface area contributed by atoms with E-state index in [1.807, 2.05) is 27.7 Å². The lowest BCUT2D eigenvalue weighted by Crippen LogP contribution is -2.48. The Kier molecular flexibility index (Phi) is 5.82. The Bertz CT molecular complexity index is 458. The fourth-order valence-corrected chi connectivity index (χ4v) is 1.62. The minimum absolute atomic E-state index is 0.176. The number of hydrogen-bond donors (Lipinski definition) is 2. The van der Waals surface area contributed by atoms with Gasteiger partial charge in [-0.15, -0.1) is 0 Å². The third-order valence-corrected chi connectivity index (χ3v) is 2.77. The normalized spacial score (nSPS) is 11.1. The van der Waals surface area contributed by atoms with Gasteiger partial charge >= 0.3 is 0 Å². The molecule has 0 saturated carbocycles. The molecule has 0 fully saturated rings. The fraction of sp³-hybridized carbons (Fsp3) is 0.533. The number of carbonyl (C=O) groups is 1. The number of benzene rings is 1. The molecule has 5 nitrogen and oxygen atoms in total. The molecule has 0 aliphatic rings. The monoisotopic (exact) mass is 280 g/mol. The molecule has 1 rings (SSSR count). The lowest BCUT2D eigenvalue weighted by atomic mass is 10.1. The highest BCUT2D eigenvalue weighted by molar-refractivity contribution is 5.95. The van der Waals surface area contributed by atoms with Crippen LogP contribution < -0.4 is 20.5 Å². The second kappa shape index (κ2) is 7.14. The van der Waals surface area contributed by atoms with Gasteiger partial charge in [-0.25, -0.2) is 0 Å². The molecule has 0 radical (unpaired) electrons. The minimum atomic E-state index is -0.443. The molecule has 0 heterocycles. The lowest BCUT2D eigenvalue weighted by Gasteiger charge is -2.24. The summed E-state index contributed by atoms with van der Waals surface area (Å²) in [6.07, 6.45) is 0. The van der Waals surface area contributed by atoms with E-state index in [0.717, 1.165) is 0 Å². The van der Waals surface area contributed by atoms with Crippen molar-refractivity contribution in [3.63, 3.8) is 0 Å². The van der Waals surface area contributed by atoms with Gasteiger partial charge in [-0.3, -0.25) is 4.79 Å². The van der Waals surface area contributed by atoms with E-state index in [1.54, 1.807) is 18.2 Å². The first-order valence-corrected chi connectivity index (χ1v) is 6.85. The third-order valence-electron chi connectivity index (χ3n) is 2.77. The molecule has 0 unspecified atom stereocenters. The molecule has 0 aromatic heterocycles. The molecule has 0 aliphatic carbocycles. The molecular formula is C15H24N2O3. The largest absolute Gasteiger partial charge is 0.490 e. The van der Waals surface area contributed by atoms with Crippen molar-refractivity contribution in [3.05, 3.63) is 23.8 Å². The highest BCUT2D eigenvalue weighted by Gasteiger charge is 2.20. The van der Waals surface area contributed by atoms with Crippen LogP contribution in [0, 0.1) is 0 Å². The second-order valence-corrected chi connectivity index (χ2v) is 5.07. The van der Waals surface area contributed by atoms with Crippen LogP contribution in [0.2, 0.25) is 0 Å². The molecule has 0 aliphatic heterocycles. The van der Waals surface area contributed by atoms with Crippen LogP contribution in [0.15, 0.2) is 18.2 Å². The van der Waals surface area contributed by atoms with Gasteiger partial charge in [0.1, 0.15) is 0 Å². The summed E-state index contributed by atoms with van der Waals surface area (Å²) in [7, 11) is 0. The fourth-order valence-electron chi connectivity index (χ4n) is 1.62. The molecule has 20 heavy (non-hydrogen) atoms. The molecule has 5 heteroatoms. The van der Waals surface area contributed by atoms with Gasteiger partial charge in [-0.2, -0.15) is 0 Å². The van der Waals surface area contributed by atoms with E-state index < -0.39 is 5.54 Å². The minimum Gasteiger partial charge on any atom is -0.490 e. The van der Waals surface area contributed by atoms with Crippen molar-refractivity contribution in [1.29, 1.82) is 0 Å². The van der Waals surface area contributed by atoms with Gasteiger partial charge in [0.15, 0.2) is 11.5 Å². The van der Waals surface area contributed by atoms with Gasteiger partial charge in [-0.1, -0.05) is 0 Å². The predicted molar refractivity (Wildman–Crippen MR) is 79.4 cm³/mol. The summed E-state index contributed by atoms with van der Waals surface area (Å²) < 4.78 is 11.0. The molecular weight excluding hydrogens is 256 g/mol. The molecule has 0 spiro atoms. The van der Waals surface area contributed by atoms with Crippen LogP contribution in [0.5, 0.6) is 11.5 Å². The molecule has 0 bridgehead atoms. The van der Waals surface area contributed by atoms with Crippen LogP contribution in [-0.2, 0) is 0 Å². The maximum Gasteiger partial charge on any atom is 0.251 e. The van der Waals surface area contributed by atoms with E-state index in [1.165, 1.54) is 0 Å². The lowest BCUT2D eigenvalue weighted by molar-refractivity contribution is 0.0915. The SMILES string of the molecule is CCOc1ccc(C(=O)NC(C)(C)CN)cc1OCC. The molecule has 1 aromatic rings. The highest BCUT2D eigenvalue weighted by atomic mass is 16.5. The van der Waals surface area contributed by atoms with Gasteiger partial charge < -0.3 is 20.5 Å². The number of amides is 1. The van der Waals surface area contributed by atoms with Crippen LogP contribution in [0.1, 0.15) is 38.1 Å². The quantitative estimate of drug-likeness (QED) is 0.800. The van der Waals surface area contributed by atoms with E-state index in [4.69, 9.17) is 15.2 Å². The van der Waals surface area contributed by atoms with Crippen molar-refractivity contribution in [1.82, 2.24) is 5.32 Å². The summed E-state index contributed by atoms with van der Waals surface area (Å²) in [6, 6.07) is 5.16. The first-order valence-electron chi connectivity index (χ1n) is 6.85. The van der Waals surface area contributed by atoms with Crippen LogP contribution in [0.25, 0.3) is 0 Å². The summed E-state index contributed by atoms with van der Waals surface area (Å²) in [4.78, 5) is 12.2. The number of ether oxygens (including phenoxy) is 2. The van der Waals surface area contributed by atoms with E-state index in [9.17, 15) is 4.79 Å². The van der Waals surface area contributed by atoms with Crippen molar-refractivity contribution in [2.24, 2.45) is 5.73 Å². The van der Waals surface area contributed by atoms with Gasteiger partial charge in [0.2, 0.25) is 0 Å². The number of hydrogen-bond acceptors (Lipinski definition) is 4. The summed E-state index contributed by atoms with van der Waals surface area (Å²) in [6.45, 7) is 8.98. The zero-order valence-electron chi connectivity index (χ0n) is 12.7. The Morgan fingerprint density at radius 1 is 1.20 bits per heavy atom. The van der Waals surface area contributed by atoms with Crippen molar-refractivity contribution >= 4 is 5.91 Å². The summed E-state index contributed by atoms with van der Waals surface area (Å²) in [5.74, 6) is 1.04. The van der Waals surface area contributed by atoms with Crippen molar-refractivity contribution in [3.8, 4) is 11.5 Å². The van der Waals surface area contributed by atoms with Gasteiger partial charge in [0.05, 0.1) is 13.2 Å². The van der Waals surface area contributed by atoms with Gasteiger partial charge in [0.25, 0.3) is 5.91 Å². The molecule has 112 valence electrons. The Balaban J connectivity index is 2.96. The third kappa shape index (κ3) is 4.42. The zero-order valence-corrected chi connectivity index (χ0v) is 12.7. The van der Waals surface area contributed by atoms with E-state index >= 15 is 0 Å². The highest BCUT2D eigenvalue weighted by Crippen LogP contribution is 2.28. The summed E-state index contributed by atoms with van der Waals surface area (Å²) in [5.41, 5.74) is 5.70. The molecule has 0 atom stereocenters. The van der Waals surface area contributed by atoms with E-state index in [2.05, 4.69) is 5.32 Å². The van der Waals surface area contributed by atoms with E-state index in [-0.39, 0.29) is 5.91 Å². The predicted octanol–water partition coefficient (Wildman–Crippen LogP) is 1.95. The Labute approximate surface area is 120 Å². The molecule has 1 aromatic carbocycles. The van der Waals surface area contributed by atoms with Crippen molar-refractivity contribution in [2.45, 2.75) is 33.2 Å². The van der Waals surface area contributed by atoms with Crippen LogP contribution >= 0.6 is 0 Å². The number of nitrogens with two attached hydrogens (primary N) is 1. The van der Waals surface area contributed by atoms with Crippen LogP contribution in [0.3, 0.4) is 0 Å². The molecule has 3 N–H and O–H groups in total. The van der Waals surface area contributed by atoms with Crippen molar-refractivity contribution in [2.75, 3.05) is 19.8 Å². The Hall–Kier alpha value is -1.75. The Morgan fingerprint density at radius 2 is 1.80 bits per heavy atom. The van der Waals surface area contributed by atoms with Crippen LogP contribution in [0.4, 0.5) is 0 Å². The summed E-state index contributed by atoms with van der Waals surface area (Å²) >= 11 is 0. The first kappa shape index (κ1) is 16.3. The maximum absolute atomic E-state index is 12.2.